The first-order valence-corrected chi connectivity index (χ1v) is 6.50. The summed E-state index contributed by atoms with van der Waals surface area (Å²) in [6, 6.07) is 12.3. The van der Waals surface area contributed by atoms with E-state index in [2.05, 4.69) is 0 Å². The molecular weight excluding hydrogens is 308 g/mol. The minimum atomic E-state index is -0.851. The molecule has 110 valence electrons. The Bertz CT molecular complexity index is 783. The molecular formula is C15H9ClN2O4. The molecule has 2 rings (SSSR count). The summed E-state index contributed by atoms with van der Waals surface area (Å²) < 4.78 is 5.05. The Morgan fingerprint density at radius 3 is 2.73 bits per heavy atom. The number of nitrogens with zero attached hydrogens (tertiary/aromatic N) is 2. The maximum Gasteiger partial charge on any atom is 0.345 e. The highest BCUT2D eigenvalue weighted by molar-refractivity contribution is 6.31. The Hall–Kier alpha value is -2.91. The summed E-state index contributed by atoms with van der Waals surface area (Å²) in [6.07, 6.45) is 0. The zero-order valence-electron chi connectivity index (χ0n) is 11.2. The fourth-order valence-electron chi connectivity index (χ4n) is 1.80. The molecule has 0 aliphatic heterocycles. The number of nitro benzene ring substituents is 1. The minimum absolute atomic E-state index is 0.150. The van der Waals surface area contributed by atoms with Crippen LogP contribution < -0.4 is 0 Å². The maximum atomic E-state index is 12.0. The number of rotatable bonds is 4. The molecule has 0 saturated heterocycles. The standard InChI is InChI=1S/C15H9ClN2O4/c16-12-5-6-13(14(7-12)18(20)21)15(19)22-9-11-4-2-1-3-10(11)8-17/h1-7H,9H2. The van der Waals surface area contributed by atoms with Gasteiger partial charge < -0.3 is 4.74 Å². The monoisotopic (exact) mass is 316 g/mol. The molecule has 0 aliphatic rings. The molecule has 0 unspecified atom stereocenters. The molecule has 0 radical (unpaired) electrons. The second-order valence-corrected chi connectivity index (χ2v) is 4.70. The summed E-state index contributed by atoms with van der Waals surface area (Å²) >= 11 is 5.69. The zero-order chi connectivity index (χ0) is 16.1. The first-order valence-electron chi connectivity index (χ1n) is 6.12. The smallest absolute Gasteiger partial charge is 0.345 e. The molecule has 0 fully saturated rings. The predicted molar refractivity (Wildman–Crippen MR) is 78.4 cm³/mol. The number of benzene rings is 2. The Morgan fingerprint density at radius 1 is 1.32 bits per heavy atom. The number of carbonyl (C=O) groups is 1. The maximum absolute atomic E-state index is 12.0. The fourth-order valence-corrected chi connectivity index (χ4v) is 1.97. The van der Waals surface area contributed by atoms with Gasteiger partial charge in [-0.2, -0.15) is 5.26 Å². The van der Waals surface area contributed by atoms with Crippen LogP contribution in [0.4, 0.5) is 5.69 Å². The summed E-state index contributed by atoms with van der Waals surface area (Å²) in [6.45, 7) is -0.150. The van der Waals surface area contributed by atoms with E-state index >= 15 is 0 Å². The molecule has 0 aliphatic carbocycles. The zero-order valence-corrected chi connectivity index (χ0v) is 11.9. The van der Waals surface area contributed by atoms with Gasteiger partial charge in [0, 0.05) is 16.7 Å². The third kappa shape index (κ3) is 3.40. The first-order chi connectivity index (χ1) is 10.5. The van der Waals surface area contributed by atoms with Gasteiger partial charge >= 0.3 is 5.97 Å². The number of ether oxygens (including phenoxy) is 1. The van der Waals surface area contributed by atoms with E-state index < -0.39 is 16.6 Å². The van der Waals surface area contributed by atoms with Crippen molar-refractivity contribution in [1.29, 1.82) is 5.26 Å². The van der Waals surface area contributed by atoms with E-state index in [0.29, 0.717) is 11.1 Å². The van der Waals surface area contributed by atoms with Gasteiger partial charge in [0.25, 0.3) is 5.69 Å². The number of carbonyl (C=O) groups excluding carboxylic acids is 1. The van der Waals surface area contributed by atoms with Crippen molar-refractivity contribution in [2.45, 2.75) is 6.61 Å². The number of nitriles is 1. The van der Waals surface area contributed by atoms with E-state index in [-0.39, 0.29) is 17.2 Å². The highest BCUT2D eigenvalue weighted by atomic mass is 35.5. The third-order valence-corrected chi connectivity index (χ3v) is 3.11. The molecule has 2 aromatic carbocycles. The van der Waals surface area contributed by atoms with Crippen molar-refractivity contribution in [3.05, 3.63) is 74.3 Å². The Labute approximate surface area is 130 Å². The van der Waals surface area contributed by atoms with Crippen LogP contribution in [0.25, 0.3) is 0 Å². The van der Waals surface area contributed by atoms with E-state index in [1.807, 2.05) is 6.07 Å². The van der Waals surface area contributed by atoms with Crippen molar-refractivity contribution in [2.24, 2.45) is 0 Å². The lowest BCUT2D eigenvalue weighted by atomic mass is 10.1. The molecule has 0 spiro atoms. The van der Waals surface area contributed by atoms with E-state index in [9.17, 15) is 14.9 Å². The molecule has 0 bridgehead atoms. The lowest BCUT2D eigenvalue weighted by Gasteiger charge is -2.07. The van der Waals surface area contributed by atoms with Crippen molar-refractivity contribution in [3.8, 4) is 6.07 Å². The van der Waals surface area contributed by atoms with Gasteiger partial charge in [-0.05, 0) is 18.2 Å². The van der Waals surface area contributed by atoms with E-state index in [4.69, 9.17) is 21.6 Å². The van der Waals surface area contributed by atoms with E-state index in [1.54, 1.807) is 24.3 Å². The normalized spacial score (nSPS) is 9.82. The van der Waals surface area contributed by atoms with Crippen LogP contribution in [0, 0.1) is 21.4 Å². The Kier molecular flexibility index (Phi) is 4.71. The quantitative estimate of drug-likeness (QED) is 0.489. The topological polar surface area (TPSA) is 93.2 Å². The highest BCUT2D eigenvalue weighted by Crippen LogP contribution is 2.24. The van der Waals surface area contributed by atoms with Gasteiger partial charge in [0.2, 0.25) is 0 Å². The van der Waals surface area contributed by atoms with Crippen LogP contribution in [-0.2, 0) is 11.3 Å². The largest absolute Gasteiger partial charge is 0.457 e. The second-order valence-electron chi connectivity index (χ2n) is 4.26. The number of esters is 1. The molecule has 0 N–H and O–H groups in total. The van der Waals surface area contributed by atoms with Crippen LogP contribution in [0.3, 0.4) is 0 Å². The van der Waals surface area contributed by atoms with Gasteiger partial charge in [-0.3, -0.25) is 10.1 Å². The summed E-state index contributed by atoms with van der Waals surface area (Å²) in [5.74, 6) is -0.851. The van der Waals surface area contributed by atoms with E-state index in [0.717, 1.165) is 6.07 Å². The summed E-state index contributed by atoms with van der Waals surface area (Å²) in [4.78, 5) is 22.2. The summed E-state index contributed by atoms with van der Waals surface area (Å²) in [7, 11) is 0. The SMILES string of the molecule is N#Cc1ccccc1COC(=O)c1ccc(Cl)cc1[N+](=O)[O-]. The minimum Gasteiger partial charge on any atom is -0.457 e. The van der Waals surface area contributed by atoms with Crippen LogP contribution in [0.15, 0.2) is 42.5 Å². The number of halogens is 1. The molecule has 0 aromatic heterocycles. The number of hydrogen-bond donors (Lipinski definition) is 0. The fraction of sp³-hybridized carbons (Fsp3) is 0.0667. The van der Waals surface area contributed by atoms with Gasteiger partial charge in [-0.15, -0.1) is 0 Å². The molecule has 0 atom stereocenters. The van der Waals surface area contributed by atoms with Crippen molar-refractivity contribution < 1.29 is 14.5 Å². The lowest BCUT2D eigenvalue weighted by molar-refractivity contribution is -0.385. The average Bonchev–Trinajstić information content (AvgIpc) is 2.52. The van der Waals surface area contributed by atoms with Crippen molar-refractivity contribution in [2.75, 3.05) is 0 Å². The summed E-state index contributed by atoms with van der Waals surface area (Å²) in [5, 5.41) is 20.1. The van der Waals surface area contributed by atoms with Gasteiger partial charge in [-0.25, -0.2) is 4.79 Å². The van der Waals surface area contributed by atoms with E-state index in [1.165, 1.54) is 12.1 Å². The van der Waals surface area contributed by atoms with Crippen LogP contribution in [0.1, 0.15) is 21.5 Å². The van der Waals surface area contributed by atoms with Gasteiger partial charge in [0.05, 0.1) is 16.6 Å². The van der Waals surface area contributed by atoms with Crippen LogP contribution in [0.2, 0.25) is 5.02 Å². The molecule has 0 amide bonds. The average molecular weight is 317 g/mol. The Balaban J connectivity index is 2.20. The van der Waals surface area contributed by atoms with Crippen molar-refractivity contribution in [3.63, 3.8) is 0 Å². The van der Waals surface area contributed by atoms with Gasteiger partial charge in [0.15, 0.2) is 0 Å². The van der Waals surface area contributed by atoms with Crippen LogP contribution >= 0.6 is 11.6 Å². The molecule has 0 heterocycles. The van der Waals surface area contributed by atoms with Crippen molar-refractivity contribution >= 4 is 23.3 Å². The molecule has 7 heteroatoms. The third-order valence-electron chi connectivity index (χ3n) is 2.87. The first kappa shape index (κ1) is 15.5. The molecule has 2 aromatic rings. The Morgan fingerprint density at radius 2 is 2.05 bits per heavy atom. The highest BCUT2D eigenvalue weighted by Gasteiger charge is 2.22. The van der Waals surface area contributed by atoms with Gasteiger partial charge in [-0.1, -0.05) is 29.8 Å². The number of hydrogen-bond acceptors (Lipinski definition) is 5. The van der Waals surface area contributed by atoms with Crippen molar-refractivity contribution in [1.82, 2.24) is 0 Å². The molecule has 6 nitrogen and oxygen atoms in total. The summed E-state index contributed by atoms with van der Waals surface area (Å²) in [5.41, 5.74) is 0.283. The number of nitro groups is 1. The van der Waals surface area contributed by atoms with Gasteiger partial charge in [0.1, 0.15) is 12.2 Å². The lowest BCUT2D eigenvalue weighted by Crippen LogP contribution is -2.09. The molecule has 0 saturated carbocycles. The van der Waals surface area contributed by atoms with Crippen LogP contribution in [-0.4, -0.2) is 10.9 Å². The predicted octanol–water partition coefficient (Wildman–Crippen LogP) is 3.48. The molecule has 22 heavy (non-hydrogen) atoms. The van der Waals surface area contributed by atoms with Crippen LogP contribution in [0.5, 0.6) is 0 Å². The second kappa shape index (κ2) is 6.70.